The van der Waals surface area contributed by atoms with Crippen molar-refractivity contribution in [1.82, 2.24) is 19.2 Å². The fourth-order valence-electron chi connectivity index (χ4n) is 5.15. The number of nitrogens with zero attached hydrogens (tertiary/aromatic N) is 3. The van der Waals surface area contributed by atoms with Crippen LogP contribution in [0.1, 0.15) is 34.6 Å². The van der Waals surface area contributed by atoms with E-state index in [-0.39, 0.29) is 30.1 Å². The van der Waals surface area contributed by atoms with Gasteiger partial charge in [-0.1, -0.05) is 24.3 Å². The topological polar surface area (TPSA) is 76.5 Å². The van der Waals surface area contributed by atoms with Gasteiger partial charge in [0.05, 0.1) is 11.9 Å². The molecule has 1 fully saturated rings. The van der Waals surface area contributed by atoms with E-state index >= 15 is 0 Å². The van der Waals surface area contributed by atoms with Gasteiger partial charge in [-0.15, -0.1) is 0 Å². The predicted molar refractivity (Wildman–Crippen MR) is 132 cm³/mol. The second-order valence-corrected chi connectivity index (χ2v) is 11.4. The summed E-state index contributed by atoms with van der Waals surface area (Å²) in [5, 5.41) is -0.0537. The van der Waals surface area contributed by atoms with Crippen LogP contribution in [0.2, 0.25) is 0 Å². The lowest BCUT2D eigenvalue weighted by molar-refractivity contribution is -0.137. The van der Waals surface area contributed by atoms with Gasteiger partial charge in [-0.2, -0.15) is 13.2 Å². The molecule has 0 amide bonds. The van der Waals surface area contributed by atoms with Crippen LogP contribution >= 0.6 is 0 Å². The van der Waals surface area contributed by atoms with Crippen molar-refractivity contribution in [2.75, 3.05) is 26.2 Å². The van der Waals surface area contributed by atoms with Crippen LogP contribution in [0.25, 0.3) is 0 Å². The molecule has 0 spiro atoms. The van der Waals surface area contributed by atoms with Crippen LogP contribution in [0.5, 0.6) is 5.75 Å². The van der Waals surface area contributed by atoms with E-state index in [1.165, 1.54) is 30.2 Å². The molecule has 3 aromatic rings. The number of sulfonamides is 1. The van der Waals surface area contributed by atoms with Gasteiger partial charge in [0.1, 0.15) is 12.4 Å². The van der Waals surface area contributed by atoms with Crippen LogP contribution in [0, 0.1) is 0 Å². The van der Waals surface area contributed by atoms with E-state index in [0.717, 1.165) is 37.6 Å². The van der Waals surface area contributed by atoms with Gasteiger partial charge in [0.2, 0.25) is 0 Å². The molecule has 0 bridgehead atoms. The first-order valence-corrected chi connectivity index (χ1v) is 13.7. The molecule has 1 aliphatic heterocycles. The van der Waals surface area contributed by atoms with Crippen molar-refractivity contribution in [3.8, 4) is 5.75 Å². The minimum Gasteiger partial charge on any atom is -0.492 e. The number of ether oxygens (including phenoxy) is 1. The SMILES string of the molecule is Cn1cnc(S(=O)(=O)NCCOc2ccc3c(c2)C(Cc2cccc(C(F)(F)F)c2)C(N2CCC2)C3)c1. The minimum absolute atomic E-state index is 0.0463. The summed E-state index contributed by atoms with van der Waals surface area (Å²) in [6, 6.07) is 11.7. The lowest BCUT2D eigenvalue weighted by atomic mass is 9.88. The number of alkyl halides is 3. The maximum atomic E-state index is 13.3. The van der Waals surface area contributed by atoms with Crippen molar-refractivity contribution < 1.29 is 26.3 Å². The molecule has 0 saturated carbocycles. The highest BCUT2D eigenvalue weighted by atomic mass is 32.2. The summed E-state index contributed by atoms with van der Waals surface area (Å²) in [6.45, 7) is 2.19. The number of halogens is 3. The first-order valence-electron chi connectivity index (χ1n) is 12.2. The molecular weight excluding hydrogens is 505 g/mol. The molecule has 7 nitrogen and oxygen atoms in total. The number of benzene rings is 2. The average molecular weight is 535 g/mol. The molecule has 2 aromatic carbocycles. The van der Waals surface area contributed by atoms with Crippen molar-refractivity contribution in [1.29, 1.82) is 0 Å². The Labute approximate surface area is 214 Å². The smallest absolute Gasteiger partial charge is 0.416 e. The molecule has 2 unspecified atom stereocenters. The predicted octanol–water partition coefficient (Wildman–Crippen LogP) is 3.75. The molecule has 37 heavy (non-hydrogen) atoms. The van der Waals surface area contributed by atoms with Crippen LogP contribution in [-0.2, 0) is 36.1 Å². The molecule has 198 valence electrons. The Kier molecular flexibility index (Phi) is 7.03. The van der Waals surface area contributed by atoms with Crippen molar-refractivity contribution in [2.45, 2.75) is 42.4 Å². The van der Waals surface area contributed by atoms with Crippen molar-refractivity contribution in [3.05, 3.63) is 77.2 Å². The molecule has 1 N–H and O–H groups in total. The number of imidazole rings is 1. The molecule has 5 rings (SSSR count). The van der Waals surface area contributed by atoms with Gasteiger partial charge in [0, 0.05) is 31.7 Å². The van der Waals surface area contributed by atoms with Crippen molar-refractivity contribution >= 4 is 10.0 Å². The minimum atomic E-state index is -4.38. The number of aryl methyl sites for hydroxylation is 1. The summed E-state index contributed by atoms with van der Waals surface area (Å²) in [6.07, 6.45) is 0.946. The Hall–Kier alpha value is -2.89. The van der Waals surface area contributed by atoms with E-state index in [4.69, 9.17) is 4.74 Å². The largest absolute Gasteiger partial charge is 0.492 e. The Morgan fingerprint density at radius 3 is 2.65 bits per heavy atom. The fraction of sp³-hybridized carbons (Fsp3) is 0.423. The van der Waals surface area contributed by atoms with E-state index in [1.54, 1.807) is 17.7 Å². The lowest BCUT2D eigenvalue weighted by Gasteiger charge is -2.39. The molecule has 1 aliphatic carbocycles. The standard InChI is InChI=1S/C26H29F3N4O3S/c1-32-16-25(30-17-32)37(34,35)31-8-11-36-21-7-6-19-14-24(33-9-3-10-33)23(22(19)15-21)13-18-4-2-5-20(12-18)26(27,28)29/h2,4-7,12,15-17,23-24,31H,3,8-11,13-14H2,1H3. The summed E-state index contributed by atoms with van der Waals surface area (Å²) < 4.78 is 74.4. The Balaban J connectivity index is 1.29. The molecular formula is C26H29F3N4O3S. The maximum Gasteiger partial charge on any atom is 0.416 e. The zero-order chi connectivity index (χ0) is 26.2. The van der Waals surface area contributed by atoms with Gasteiger partial charge in [0.25, 0.3) is 10.0 Å². The van der Waals surface area contributed by atoms with Crippen LogP contribution in [0.4, 0.5) is 13.2 Å². The fourth-order valence-corrected chi connectivity index (χ4v) is 6.14. The van der Waals surface area contributed by atoms with E-state index < -0.39 is 21.8 Å². The number of hydrogen-bond donors (Lipinski definition) is 1. The number of nitrogens with one attached hydrogen (secondary N) is 1. The molecule has 2 heterocycles. The molecule has 2 aliphatic rings. The van der Waals surface area contributed by atoms with E-state index in [2.05, 4.69) is 14.6 Å². The monoisotopic (exact) mass is 534 g/mol. The number of likely N-dealkylation sites (tertiary alicyclic amines) is 1. The average Bonchev–Trinajstić information content (AvgIpc) is 3.40. The number of hydrogen-bond acceptors (Lipinski definition) is 5. The number of fused-ring (bicyclic) bond motifs is 1. The van der Waals surface area contributed by atoms with E-state index in [0.29, 0.717) is 17.7 Å². The van der Waals surface area contributed by atoms with Gasteiger partial charge in [0.15, 0.2) is 5.03 Å². The summed E-state index contributed by atoms with van der Waals surface area (Å²) in [7, 11) is -2.03. The highest BCUT2D eigenvalue weighted by molar-refractivity contribution is 7.89. The van der Waals surface area contributed by atoms with Crippen molar-refractivity contribution in [3.63, 3.8) is 0 Å². The third-order valence-electron chi connectivity index (χ3n) is 7.10. The highest BCUT2D eigenvalue weighted by Crippen LogP contribution is 2.42. The van der Waals surface area contributed by atoms with Gasteiger partial charge in [-0.25, -0.2) is 18.1 Å². The van der Waals surface area contributed by atoms with Crippen LogP contribution < -0.4 is 9.46 Å². The van der Waals surface area contributed by atoms with Gasteiger partial charge >= 0.3 is 6.18 Å². The van der Waals surface area contributed by atoms with Gasteiger partial charge in [-0.3, -0.25) is 4.90 Å². The Morgan fingerprint density at radius 1 is 1.16 bits per heavy atom. The summed E-state index contributed by atoms with van der Waals surface area (Å²) in [4.78, 5) is 6.27. The first kappa shape index (κ1) is 25.7. The maximum absolute atomic E-state index is 13.3. The summed E-state index contributed by atoms with van der Waals surface area (Å²) >= 11 is 0. The number of aromatic nitrogens is 2. The normalized spacial score (nSPS) is 20.0. The third kappa shape index (κ3) is 5.68. The molecule has 11 heteroatoms. The van der Waals surface area contributed by atoms with Gasteiger partial charge in [-0.05, 0) is 67.2 Å². The quantitative estimate of drug-likeness (QED) is 0.423. The zero-order valence-electron chi connectivity index (χ0n) is 20.4. The summed E-state index contributed by atoms with van der Waals surface area (Å²) in [5.74, 6) is 0.652. The summed E-state index contributed by atoms with van der Waals surface area (Å²) in [5.41, 5.74) is 2.29. The molecule has 1 saturated heterocycles. The van der Waals surface area contributed by atoms with Crippen LogP contribution in [-0.4, -0.2) is 55.2 Å². The lowest BCUT2D eigenvalue weighted by Crippen LogP contribution is -2.47. The third-order valence-corrected chi connectivity index (χ3v) is 8.44. The Bertz CT molecular complexity index is 1370. The number of rotatable bonds is 9. The molecule has 2 atom stereocenters. The van der Waals surface area contributed by atoms with Crippen LogP contribution in [0.3, 0.4) is 0 Å². The molecule has 0 radical (unpaired) electrons. The van der Waals surface area contributed by atoms with Gasteiger partial charge < -0.3 is 9.30 Å². The zero-order valence-corrected chi connectivity index (χ0v) is 21.2. The Morgan fingerprint density at radius 2 is 1.97 bits per heavy atom. The molecule has 1 aromatic heterocycles. The second kappa shape index (κ2) is 10.1. The van der Waals surface area contributed by atoms with E-state index in [1.807, 2.05) is 18.2 Å². The van der Waals surface area contributed by atoms with E-state index in [9.17, 15) is 21.6 Å². The highest BCUT2D eigenvalue weighted by Gasteiger charge is 2.39. The van der Waals surface area contributed by atoms with Crippen LogP contribution in [0.15, 0.2) is 60.0 Å². The van der Waals surface area contributed by atoms with Crippen molar-refractivity contribution in [2.24, 2.45) is 7.05 Å². The first-order chi connectivity index (χ1) is 17.6. The second-order valence-electron chi connectivity index (χ2n) is 9.65.